The number of Topliss-reactive ketones (excluding diaryl/α,β-unsaturated/α-hetero) is 1. The maximum absolute atomic E-state index is 12.7. The number of hydrogen-bond donors (Lipinski definition) is 1. The predicted octanol–water partition coefficient (Wildman–Crippen LogP) is 0.836. The maximum atomic E-state index is 12.7. The van der Waals surface area contributed by atoms with Gasteiger partial charge in [-0.2, -0.15) is 0 Å². The summed E-state index contributed by atoms with van der Waals surface area (Å²) in [4.78, 5) is 27.3. The predicted molar refractivity (Wildman–Crippen MR) is 83.4 cm³/mol. The Kier molecular flexibility index (Phi) is 4.29. The van der Waals surface area contributed by atoms with E-state index < -0.39 is 0 Å². The van der Waals surface area contributed by atoms with E-state index in [0.717, 1.165) is 37.5 Å². The van der Waals surface area contributed by atoms with Crippen LogP contribution in [0.5, 0.6) is 5.75 Å². The van der Waals surface area contributed by atoms with Crippen molar-refractivity contribution < 1.29 is 14.3 Å². The van der Waals surface area contributed by atoms with Crippen LogP contribution in [0.15, 0.2) is 18.2 Å². The van der Waals surface area contributed by atoms with E-state index in [-0.39, 0.29) is 11.8 Å². The van der Waals surface area contributed by atoms with Gasteiger partial charge < -0.3 is 15.0 Å². The van der Waals surface area contributed by atoms with Gasteiger partial charge in [0.1, 0.15) is 12.4 Å². The maximum Gasteiger partial charge on any atom is 0.209 e. The molecule has 1 aromatic rings. The smallest absolute Gasteiger partial charge is 0.209 e. The first-order valence-electron chi connectivity index (χ1n) is 7.67. The van der Waals surface area contributed by atoms with E-state index >= 15 is 0 Å². The van der Waals surface area contributed by atoms with Crippen molar-refractivity contribution in [1.82, 2.24) is 9.80 Å². The molecule has 2 heterocycles. The molecule has 0 spiro atoms. The van der Waals surface area contributed by atoms with Crippen LogP contribution in [-0.2, 0) is 4.79 Å². The summed E-state index contributed by atoms with van der Waals surface area (Å²) in [5.41, 5.74) is 1.58. The minimum absolute atomic E-state index is 0.106. The van der Waals surface area contributed by atoms with Crippen molar-refractivity contribution in [3.05, 3.63) is 23.8 Å². The third-order valence-electron chi connectivity index (χ3n) is 4.36. The number of carbonyl (C=O) groups is 2. The van der Waals surface area contributed by atoms with E-state index in [2.05, 4.69) is 10.2 Å². The van der Waals surface area contributed by atoms with Crippen molar-refractivity contribution in [1.29, 1.82) is 0 Å². The molecule has 0 radical (unpaired) electrons. The van der Waals surface area contributed by atoms with Gasteiger partial charge in [0.25, 0.3) is 0 Å². The zero-order valence-corrected chi connectivity index (χ0v) is 12.7. The largest absolute Gasteiger partial charge is 0.490 e. The molecule has 1 N–H and O–H groups in total. The van der Waals surface area contributed by atoms with Crippen LogP contribution < -0.4 is 10.1 Å². The molecule has 6 nitrogen and oxygen atoms in total. The molecule has 0 aliphatic carbocycles. The van der Waals surface area contributed by atoms with Crippen molar-refractivity contribution in [2.45, 2.75) is 13.0 Å². The number of amides is 1. The fourth-order valence-electron chi connectivity index (χ4n) is 2.93. The van der Waals surface area contributed by atoms with E-state index in [1.165, 1.54) is 0 Å². The Morgan fingerprint density at radius 1 is 1.32 bits per heavy atom. The molecule has 0 saturated carbocycles. The van der Waals surface area contributed by atoms with Gasteiger partial charge in [-0.25, -0.2) is 0 Å². The SMILES string of the molecule is CC(C(=O)c1ccc2c(c1)NCCO2)N1CCN(C=O)CC1. The quantitative estimate of drug-likeness (QED) is 0.659. The second-order valence-electron chi connectivity index (χ2n) is 5.70. The molecule has 1 saturated heterocycles. The lowest BCUT2D eigenvalue weighted by Gasteiger charge is -2.35. The van der Waals surface area contributed by atoms with Gasteiger partial charge in [-0.3, -0.25) is 14.5 Å². The normalized spacial score (nSPS) is 19.6. The highest BCUT2D eigenvalue weighted by Gasteiger charge is 2.26. The van der Waals surface area contributed by atoms with E-state index in [9.17, 15) is 9.59 Å². The molecule has 1 aromatic carbocycles. The molecular weight excluding hydrogens is 282 g/mol. The van der Waals surface area contributed by atoms with Crippen molar-refractivity contribution in [2.75, 3.05) is 44.6 Å². The first kappa shape index (κ1) is 14.8. The van der Waals surface area contributed by atoms with Crippen molar-refractivity contribution in [3.63, 3.8) is 0 Å². The number of carbonyl (C=O) groups excluding carboxylic acids is 2. The van der Waals surface area contributed by atoms with Crippen LogP contribution in [0.4, 0.5) is 5.69 Å². The van der Waals surface area contributed by atoms with Crippen LogP contribution in [-0.4, -0.2) is 67.4 Å². The number of anilines is 1. The number of nitrogens with one attached hydrogen (secondary N) is 1. The molecule has 2 aliphatic heterocycles. The van der Waals surface area contributed by atoms with E-state index in [1.807, 2.05) is 25.1 Å². The lowest BCUT2D eigenvalue weighted by molar-refractivity contribution is -0.119. The first-order chi connectivity index (χ1) is 10.7. The molecule has 1 fully saturated rings. The molecule has 1 atom stereocenters. The molecule has 2 aliphatic rings. The molecule has 1 unspecified atom stereocenters. The Bertz CT molecular complexity index is 568. The number of benzene rings is 1. The highest BCUT2D eigenvalue weighted by atomic mass is 16.5. The standard InChI is InChI=1S/C16H21N3O3/c1-12(19-7-5-18(11-20)6-8-19)16(21)13-2-3-15-14(10-13)17-4-9-22-15/h2-3,10-12,17H,4-9H2,1H3. The Morgan fingerprint density at radius 3 is 2.82 bits per heavy atom. The van der Waals surface area contributed by atoms with Gasteiger partial charge >= 0.3 is 0 Å². The number of fused-ring (bicyclic) bond motifs is 1. The average molecular weight is 303 g/mol. The summed E-state index contributed by atoms with van der Waals surface area (Å²) in [5, 5.41) is 3.25. The number of nitrogens with zero attached hydrogens (tertiary/aromatic N) is 2. The zero-order chi connectivity index (χ0) is 15.5. The van der Waals surface area contributed by atoms with Crippen LogP contribution in [0.3, 0.4) is 0 Å². The molecule has 22 heavy (non-hydrogen) atoms. The monoisotopic (exact) mass is 303 g/mol. The van der Waals surface area contributed by atoms with Gasteiger partial charge in [0.05, 0.1) is 11.7 Å². The Hall–Kier alpha value is -2.08. The number of hydrogen-bond acceptors (Lipinski definition) is 5. The average Bonchev–Trinajstić information content (AvgIpc) is 2.60. The van der Waals surface area contributed by atoms with Gasteiger partial charge in [-0.1, -0.05) is 0 Å². The van der Waals surface area contributed by atoms with Crippen LogP contribution in [0.25, 0.3) is 0 Å². The molecule has 0 bridgehead atoms. The molecule has 3 rings (SSSR count). The summed E-state index contributed by atoms with van der Waals surface area (Å²) in [6.07, 6.45) is 0.874. The Labute approximate surface area is 130 Å². The van der Waals surface area contributed by atoms with Crippen LogP contribution in [0.2, 0.25) is 0 Å². The van der Waals surface area contributed by atoms with Crippen LogP contribution in [0.1, 0.15) is 17.3 Å². The van der Waals surface area contributed by atoms with E-state index in [4.69, 9.17) is 4.74 Å². The lowest BCUT2D eigenvalue weighted by Crippen LogP contribution is -2.51. The molecule has 0 aromatic heterocycles. The molecule has 6 heteroatoms. The third-order valence-corrected chi connectivity index (χ3v) is 4.36. The zero-order valence-electron chi connectivity index (χ0n) is 12.7. The Balaban J connectivity index is 1.69. The number of rotatable bonds is 4. The second-order valence-corrected chi connectivity index (χ2v) is 5.70. The summed E-state index contributed by atoms with van der Waals surface area (Å²) in [6, 6.07) is 5.36. The van der Waals surface area contributed by atoms with Gasteiger partial charge in [0, 0.05) is 38.3 Å². The van der Waals surface area contributed by atoms with Crippen molar-refractivity contribution >= 4 is 17.9 Å². The summed E-state index contributed by atoms with van der Waals surface area (Å²) < 4.78 is 5.54. The summed E-state index contributed by atoms with van der Waals surface area (Å²) in [5.74, 6) is 0.907. The Morgan fingerprint density at radius 2 is 2.09 bits per heavy atom. The molecular formula is C16H21N3O3. The van der Waals surface area contributed by atoms with Crippen LogP contribution in [0, 0.1) is 0 Å². The van der Waals surface area contributed by atoms with Gasteiger partial charge in [0.15, 0.2) is 5.78 Å². The topological polar surface area (TPSA) is 61.9 Å². The number of piperazine rings is 1. The van der Waals surface area contributed by atoms with Gasteiger partial charge in [0.2, 0.25) is 6.41 Å². The first-order valence-corrected chi connectivity index (χ1v) is 7.67. The second kappa shape index (κ2) is 6.36. The summed E-state index contributed by atoms with van der Waals surface area (Å²) in [7, 11) is 0. The highest BCUT2D eigenvalue weighted by molar-refractivity contribution is 6.01. The molecule has 1 amide bonds. The fraction of sp³-hybridized carbons (Fsp3) is 0.500. The van der Waals surface area contributed by atoms with Crippen molar-refractivity contribution in [2.24, 2.45) is 0 Å². The minimum atomic E-state index is -0.184. The van der Waals surface area contributed by atoms with E-state index in [1.54, 1.807) is 4.90 Å². The minimum Gasteiger partial charge on any atom is -0.490 e. The third kappa shape index (κ3) is 2.92. The van der Waals surface area contributed by atoms with Gasteiger partial charge in [-0.15, -0.1) is 0 Å². The van der Waals surface area contributed by atoms with Gasteiger partial charge in [-0.05, 0) is 25.1 Å². The molecule has 118 valence electrons. The van der Waals surface area contributed by atoms with Crippen LogP contribution >= 0.6 is 0 Å². The summed E-state index contributed by atoms with van der Waals surface area (Å²) >= 11 is 0. The van der Waals surface area contributed by atoms with Crippen molar-refractivity contribution in [3.8, 4) is 5.75 Å². The lowest BCUT2D eigenvalue weighted by atomic mass is 10.0. The number of ether oxygens (including phenoxy) is 1. The van der Waals surface area contributed by atoms with E-state index in [0.29, 0.717) is 25.3 Å². The summed E-state index contributed by atoms with van der Waals surface area (Å²) in [6.45, 7) is 6.17. The fourth-order valence-corrected chi connectivity index (χ4v) is 2.93. The highest BCUT2D eigenvalue weighted by Crippen LogP contribution is 2.28. The number of ketones is 1.